The lowest BCUT2D eigenvalue weighted by molar-refractivity contribution is -0.385. The molecule has 0 aliphatic heterocycles. The van der Waals surface area contributed by atoms with Crippen LogP contribution < -0.4 is 5.14 Å². The highest BCUT2D eigenvalue weighted by Gasteiger charge is 2.13. The fourth-order valence-electron chi connectivity index (χ4n) is 0.551. The van der Waals surface area contributed by atoms with Gasteiger partial charge in [-0.2, -0.15) is 0 Å². The van der Waals surface area contributed by atoms with Crippen molar-refractivity contribution >= 4 is 15.7 Å². The molecule has 0 saturated carbocycles. The van der Waals surface area contributed by atoms with Gasteiger partial charge in [-0.25, -0.2) is 23.5 Å². The molecule has 0 unspecified atom stereocenters. The number of nitrogens with two attached hydrogens (primary N) is 1. The molecule has 0 atom stereocenters. The van der Waals surface area contributed by atoms with E-state index in [1.807, 2.05) is 0 Å². The Morgan fingerprint density at radius 1 is 1.38 bits per heavy atom. The predicted octanol–water partition coefficient (Wildman–Crippen LogP) is -0.968. The van der Waals surface area contributed by atoms with Crippen molar-refractivity contribution in [2.24, 2.45) is 5.14 Å². The lowest BCUT2D eigenvalue weighted by Gasteiger charge is -1.93. The highest BCUT2D eigenvalue weighted by molar-refractivity contribution is 7.89. The quantitative estimate of drug-likeness (QED) is 0.375. The fourth-order valence-corrected chi connectivity index (χ4v) is 0.950. The second-order valence-electron chi connectivity index (χ2n) is 2.03. The third-order valence-electron chi connectivity index (χ3n) is 1.08. The molecule has 0 aliphatic carbocycles. The van der Waals surface area contributed by atoms with Gasteiger partial charge >= 0.3 is 5.69 Å². The molecule has 0 radical (unpaired) electrons. The molecule has 0 fully saturated rings. The molecule has 0 amide bonds. The van der Waals surface area contributed by atoms with E-state index in [9.17, 15) is 18.5 Å². The van der Waals surface area contributed by atoms with E-state index in [-0.39, 0.29) is 0 Å². The molecule has 1 rings (SSSR count). The van der Waals surface area contributed by atoms with Gasteiger partial charge in [0.15, 0.2) is 0 Å². The first-order valence-electron chi connectivity index (χ1n) is 2.90. The van der Waals surface area contributed by atoms with E-state index in [2.05, 4.69) is 15.1 Å². The van der Waals surface area contributed by atoms with Crippen LogP contribution in [0.15, 0.2) is 17.6 Å². The van der Waals surface area contributed by atoms with E-state index in [1.165, 1.54) is 0 Å². The minimum atomic E-state index is -3.99. The molecular weight excluding hydrogens is 200 g/mol. The minimum absolute atomic E-state index is 0.396. The van der Waals surface area contributed by atoms with Gasteiger partial charge in [0.05, 0.1) is 4.92 Å². The molecule has 0 spiro atoms. The van der Waals surface area contributed by atoms with E-state index >= 15 is 0 Å². The zero-order valence-corrected chi connectivity index (χ0v) is 6.93. The molecule has 0 aromatic carbocycles. The Bertz CT molecular complexity index is 424. The summed E-state index contributed by atoms with van der Waals surface area (Å²) in [5.41, 5.74) is -0.396. The van der Waals surface area contributed by atoms with Crippen LogP contribution in [-0.2, 0) is 10.0 Å². The molecule has 0 bridgehead atoms. The van der Waals surface area contributed by atoms with E-state index in [0.717, 1.165) is 12.4 Å². The number of aromatic nitrogens is 2. The molecule has 1 aromatic rings. The summed E-state index contributed by atoms with van der Waals surface area (Å²) in [5.74, 6) is 0. The number of sulfonamides is 1. The van der Waals surface area contributed by atoms with Gasteiger partial charge < -0.3 is 0 Å². The van der Waals surface area contributed by atoms with Gasteiger partial charge in [0.25, 0.3) is 15.2 Å². The van der Waals surface area contributed by atoms with Crippen LogP contribution in [0.1, 0.15) is 0 Å². The van der Waals surface area contributed by atoms with Crippen LogP contribution in [-0.4, -0.2) is 23.3 Å². The first kappa shape index (κ1) is 9.48. The maximum atomic E-state index is 10.6. The van der Waals surface area contributed by atoms with Crippen LogP contribution in [0.5, 0.6) is 0 Å². The van der Waals surface area contributed by atoms with Crippen LogP contribution in [0.2, 0.25) is 0 Å². The summed E-state index contributed by atoms with van der Waals surface area (Å²) in [6.07, 6.45) is 1.54. The van der Waals surface area contributed by atoms with Crippen molar-refractivity contribution < 1.29 is 13.3 Å². The first-order valence-corrected chi connectivity index (χ1v) is 4.45. The minimum Gasteiger partial charge on any atom is -0.258 e. The molecular formula is C4H4N4O4S. The zero-order valence-electron chi connectivity index (χ0n) is 6.11. The fraction of sp³-hybridized carbons (Fsp3) is 0. The Kier molecular flexibility index (Phi) is 2.21. The molecule has 9 heteroatoms. The van der Waals surface area contributed by atoms with E-state index < -0.39 is 25.8 Å². The number of primary sulfonamides is 1. The van der Waals surface area contributed by atoms with Crippen molar-refractivity contribution in [2.75, 3.05) is 0 Å². The van der Waals surface area contributed by atoms with E-state index in [0.29, 0.717) is 0 Å². The molecule has 0 saturated heterocycles. The molecule has 70 valence electrons. The van der Waals surface area contributed by atoms with Gasteiger partial charge in [-0.05, 0) is 0 Å². The van der Waals surface area contributed by atoms with Crippen molar-refractivity contribution in [3.63, 3.8) is 0 Å². The second kappa shape index (κ2) is 3.03. The Morgan fingerprint density at radius 3 is 2.15 bits per heavy atom. The number of nitro groups is 1. The van der Waals surface area contributed by atoms with Crippen LogP contribution in [0.25, 0.3) is 0 Å². The average Bonchev–Trinajstić information content (AvgIpc) is 2.03. The third-order valence-corrected chi connectivity index (χ3v) is 1.80. The lowest BCUT2D eigenvalue weighted by Crippen LogP contribution is -2.15. The lowest BCUT2D eigenvalue weighted by atomic mass is 10.6. The SMILES string of the molecule is NS(=O)(=O)c1ncc([N+](=O)[O-])cn1. The van der Waals surface area contributed by atoms with Crippen molar-refractivity contribution in [1.82, 2.24) is 9.97 Å². The average molecular weight is 204 g/mol. The number of hydrogen-bond acceptors (Lipinski definition) is 6. The maximum Gasteiger partial charge on any atom is 0.305 e. The van der Waals surface area contributed by atoms with Gasteiger partial charge in [0.1, 0.15) is 12.4 Å². The van der Waals surface area contributed by atoms with Gasteiger partial charge in [0.2, 0.25) is 0 Å². The number of rotatable bonds is 2. The Balaban J connectivity index is 3.16. The first-order chi connectivity index (χ1) is 5.91. The topological polar surface area (TPSA) is 129 Å². The Morgan fingerprint density at radius 2 is 1.85 bits per heavy atom. The molecule has 13 heavy (non-hydrogen) atoms. The predicted molar refractivity (Wildman–Crippen MR) is 40.1 cm³/mol. The summed E-state index contributed by atoms with van der Waals surface area (Å²) in [6, 6.07) is 0. The molecule has 8 nitrogen and oxygen atoms in total. The summed E-state index contributed by atoms with van der Waals surface area (Å²) in [6.45, 7) is 0. The molecule has 2 N–H and O–H groups in total. The van der Waals surface area contributed by atoms with E-state index in [1.54, 1.807) is 0 Å². The molecule has 0 aliphatic rings. The second-order valence-corrected chi connectivity index (χ2v) is 3.48. The van der Waals surface area contributed by atoms with Crippen molar-refractivity contribution in [3.05, 3.63) is 22.5 Å². The summed E-state index contributed by atoms with van der Waals surface area (Å²) in [4.78, 5) is 15.8. The van der Waals surface area contributed by atoms with E-state index in [4.69, 9.17) is 0 Å². The maximum absolute atomic E-state index is 10.6. The highest BCUT2D eigenvalue weighted by Crippen LogP contribution is 2.07. The summed E-state index contributed by atoms with van der Waals surface area (Å²) < 4.78 is 21.2. The Hall–Kier alpha value is -1.61. The van der Waals surface area contributed by atoms with Gasteiger partial charge in [-0.15, -0.1) is 0 Å². The monoisotopic (exact) mass is 204 g/mol. The third kappa shape index (κ3) is 2.16. The number of hydrogen-bond donors (Lipinski definition) is 1. The van der Waals surface area contributed by atoms with Crippen LogP contribution in [0.3, 0.4) is 0 Å². The van der Waals surface area contributed by atoms with Crippen LogP contribution in [0.4, 0.5) is 5.69 Å². The van der Waals surface area contributed by atoms with Gasteiger partial charge in [-0.3, -0.25) is 10.1 Å². The van der Waals surface area contributed by atoms with Crippen LogP contribution in [0, 0.1) is 10.1 Å². The molecule has 1 heterocycles. The van der Waals surface area contributed by atoms with Crippen molar-refractivity contribution in [3.8, 4) is 0 Å². The largest absolute Gasteiger partial charge is 0.305 e. The summed E-state index contributed by atoms with van der Waals surface area (Å²) in [7, 11) is -3.99. The Labute approximate surface area is 72.6 Å². The summed E-state index contributed by atoms with van der Waals surface area (Å²) in [5, 5.41) is 14.1. The van der Waals surface area contributed by atoms with Gasteiger partial charge in [-0.1, -0.05) is 0 Å². The highest BCUT2D eigenvalue weighted by atomic mass is 32.2. The molecule has 1 aromatic heterocycles. The van der Waals surface area contributed by atoms with Gasteiger partial charge in [0, 0.05) is 0 Å². The van der Waals surface area contributed by atoms with Crippen molar-refractivity contribution in [1.29, 1.82) is 0 Å². The number of nitrogens with zero attached hydrogens (tertiary/aromatic N) is 3. The normalized spacial score (nSPS) is 11.2. The standard InChI is InChI=1S/C4H4N4O4S/c5-13(11,12)4-6-1-3(2-7-4)8(9)10/h1-2H,(H2,5,11,12). The van der Waals surface area contributed by atoms with Crippen molar-refractivity contribution in [2.45, 2.75) is 5.16 Å². The zero-order chi connectivity index (χ0) is 10.1. The summed E-state index contributed by atoms with van der Waals surface area (Å²) >= 11 is 0. The smallest absolute Gasteiger partial charge is 0.258 e. The van der Waals surface area contributed by atoms with Crippen LogP contribution >= 0.6 is 0 Å².